The Morgan fingerprint density at radius 2 is 2.30 bits per heavy atom. The van der Waals surface area contributed by atoms with Crippen molar-refractivity contribution < 1.29 is 14.3 Å². The fourth-order valence-electron chi connectivity index (χ4n) is 4.12. The molecule has 27 heavy (non-hydrogen) atoms. The van der Waals surface area contributed by atoms with Crippen LogP contribution in [-0.2, 0) is 25.9 Å². The zero-order valence-electron chi connectivity index (χ0n) is 15.8. The summed E-state index contributed by atoms with van der Waals surface area (Å²) in [6.45, 7) is 4.50. The lowest BCUT2D eigenvalue weighted by atomic mass is 9.94. The van der Waals surface area contributed by atoms with Gasteiger partial charge in [0, 0.05) is 30.6 Å². The minimum absolute atomic E-state index is 0.205. The Labute approximate surface area is 158 Å². The molecule has 0 aliphatic carbocycles. The van der Waals surface area contributed by atoms with E-state index in [1.54, 1.807) is 13.3 Å². The Bertz CT molecular complexity index is 861. The van der Waals surface area contributed by atoms with Gasteiger partial charge in [0.2, 0.25) is 0 Å². The topological polar surface area (TPSA) is 91.4 Å². The average molecular weight is 370 g/mol. The molecule has 0 spiro atoms. The van der Waals surface area contributed by atoms with Crippen molar-refractivity contribution in [3.05, 3.63) is 40.7 Å². The normalized spacial score (nSPS) is 20.7. The molecule has 3 N–H and O–H groups in total. The molecular formula is C20H26N4O3. The first kappa shape index (κ1) is 17.9. The first-order valence-electron chi connectivity index (χ1n) is 9.46. The van der Waals surface area contributed by atoms with Gasteiger partial charge in [-0.2, -0.15) is 5.10 Å². The Hall–Kier alpha value is -2.54. The molecule has 7 nitrogen and oxygen atoms in total. The minimum Gasteiger partial charge on any atom is -0.497 e. The number of fused-ring (bicyclic) bond motifs is 2. The van der Waals surface area contributed by atoms with E-state index in [1.165, 1.54) is 5.56 Å². The van der Waals surface area contributed by atoms with Crippen molar-refractivity contribution in [2.45, 2.75) is 45.4 Å². The molecule has 2 aliphatic rings. The predicted molar refractivity (Wildman–Crippen MR) is 101 cm³/mol. The number of carbonyl (C=O) groups is 1. The molecule has 3 heterocycles. The zero-order valence-corrected chi connectivity index (χ0v) is 15.8. The van der Waals surface area contributed by atoms with Crippen molar-refractivity contribution in [1.82, 2.24) is 15.1 Å². The SMILES string of the molecule is COc1cc(CNC[C@H]2CCn3ncc(C(N)=O)c3C2)c2c(c1)C[C@@H](C)O2. The van der Waals surface area contributed by atoms with Crippen LogP contribution < -0.4 is 20.5 Å². The van der Waals surface area contributed by atoms with Crippen LogP contribution >= 0.6 is 0 Å². The van der Waals surface area contributed by atoms with Crippen LogP contribution in [0.2, 0.25) is 0 Å². The van der Waals surface area contributed by atoms with Crippen LogP contribution in [-0.4, -0.2) is 35.4 Å². The zero-order chi connectivity index (χ0) is 19.0. The number of carbonyl (C=O) groups excluding carboxylic acids is 1. The Morgan fingerprint density at radius 1 is 1.44 bits per heavy atom. The van der Waals surface area contributed by atoms with E-state index in [0.717, 1.165) is 61.7 Å². The van der Waals surface area contributed by atoms with Crippen LogP contribution in [0.1, 0.15) is 40.5 Å². The standard InChI is InChI=1S/C20H26N4O3/c1-12-5-14-7-16(26-2)8-15(19(14)27-12)10-22-9-13-3-4-24-18(6-13)17(11-23-24)20(21)25/h7-8,11-13,22H,3-6,9-10H2,1-2H3,(H2,21,25)/t12-,13+/m1/s1. The molecule has 2 atom stereocenters. The largest absolute Gasteiger partial charge is 0.497 e. The number of methoxy groups -OCH3 is 1. The second-order valence-electron chi connectivity index (χ2n) is 7.49. The third-order valence-electron chi connectivity index (χ3n) is 5.47. The van der Waals surface area contributed by atoms with Crippen LogP contribution in [0.3, 0.4) is 0 Å². The van der Waals surface area contributed by atoms with Crippen LogP contribution in [0.5, 0.6) is 11.5 Å². The van der Waals surface area contributed by atoms with Gasteiger partial charge in [0.15, 0.2) is 0 Å². The molecule has 1 amide bonds. The fourth-order valence-corrected chi connectivity index (χ4v) is 4.12. The van der Waals surface area contributed by atoms with E-state index in [2.05, 4.69) is 23.4 Å². The molecule has 0 saturated carbocycles. The molecule has 2 aliphatic heterocycles. The van der Waals surface area contributed by atoms with Crippen LogP contribution in [0.15, 0.2) is 18.3 Å². The molecule has 2 aromatic rings. The quantitative estimate of drug-likeness (QED) is 0.807. The van der Waals surface area contributed by atoms with Gasteiger partial charge < -0.3 is 20.5 Å². The summed E-state index contributed by atoms with van der Waals surface area (Å²) in [5, 5.41) is 7.83. The number of benzene rings is 1. The van der Waals surface area contributed by atoms with E-state index in [9.17, 15) is 4.79 Å². The Balaban J connectivity index is 1.40. The van der Waals surface area contributed by atoms with Crippen LogP contribution in [0.25, 0.3) is 0 Å². The van der Waals surface area contributed by atoms with Crippen LogP contribution in [0.4, 0.5) is 0 Å². The maximum Gasteiger partial charge on any atom is 0.252 e. The highest BCUT2D eigenvalue weighted by Gasteiger charge is 2.25. The van der Waals surface area contributed by atoms with E-state index in [-0.39, 0.29) is 6.10 Å². The molecule has 0 fully saturated rings. The molecule has 144 valence electrons. The maximum absolute atomic E-state index is 11.6. The monoisotopic (exact) mass is 370 g/mol. The lowest BCUT2D eigenvalue weighted by Crippen LogP contribution is -2.30. The highest BCUT2D eigenvalue weighted by molar-refractivity contribution is 5.93. The Kier molecular flexibility index (Phi) is 4.78. The van der Waals surface area contributed by atoms with E-state index >= 15 is 0 Å². The highest BCUT2D eigenvalue weighted by Crippen LogP contribution is 2.36. The van der Waals surface area contributed by atoms with Crippen molar-refractivity contribution in [2.75, 3.05) is 13.7 Å². The third kappa shape index (κ3) is 3.51. The first-order chi connectivity index (χ1) is 13.0. The number of hydrogen-bond donors (Lipinski definition) is 2. The number of ether oxygens (including phenoxy) is 2. The summed E-state index contributed by atoms with van der Waals surface area (Å²) >= 11 is 0. The van der Waals surface area contributed by atoms with Gasteiger partial charge >= 0.3 is 0 Å². The predicted octanol–water partition coefficient (Wildman–Crippen LogP) is 1.67. The smallest absolute Gasteiger partial charge is 0.252 e. The molecule has 7 heteroatoms. The van der Waals surface area contributed by atoms with E-state index < -0.39 is 5.91 Å². The molecule has 4 rings (SSSR count). The summed E-state index contributed by atoms with van der Waals surface area (Å²) in [7, 11) is 1.69. The molecule has 0 saturated heterocycles. The average Bonchev–Trinajstić information content (AvgIpc) is 3.23. The summed E-state index contributed by atoms with van der Waals surface area (Å²) < 4.78 is 13.3. The van der Waals surface area contributed by atoms with Crippen LogP contribution in [0, 0.1) is 5.92 Å². The molecular weight excluding hydrogens is 344 g/mol. The third-order valence-corrected chi connectivity index (χ3v) is 5.47. The van der Waals surface area contributed by atoms with E-state index in [0.29, 0.717) is 11.5 Å². The van der Waals surface area contributed by atoms with Gasteiger partial charge in [-0.25, -0.2) is 0 Å². The number of nitrogens with zero attached hydrogens (tertiary/aromatic N) is 2. The molecule has 0 radical (unpaired) electrons. The van der Waals surface area contributed by atoms with E-state index in [1.807, 2.05) is 10.7 Å². The Morgan fingerprint density at radius 3 is 3.07 bits per heavy atom. The molecule has 0 bridgehead atoms. The van der Waals surface area contributed by atoms with Gasteiger partial charge in [0.25, 0.3) is 5.91 Å². The second-order valence-corrected chi connectivity index (χ2v) is 7.49. The summed E-state index contributed by atoms with van der Waals surface area (Å²) in [5.74, 6) is 1.92. The number of amides is 1. The minimum atomic E-state index is -0.400. The lowest BCUT2D eigenvalue weighted by molar-refractivity contribution is 0.0998. The van der Waals surface area contributed by atoms with Gasteiger partial charge in [-0.15, -0.1) is 0 Å². The van der Waals surface area contributed by atoms with Crippen molar-refractivity contribution in [3.63, 3.8) is 0 Å². The molecule has 0 unspecified atom stereocenters. The molecule has 1 aromatic carbocycles. The second kappa shape index (κ2) is 7.23. The fraction of sp³-hybridized carbons (Fsp3) is 0.500. The van der Waals surface area contributed by atoms with Gasteiger partial charge in [-0.1, -0.05) is 0 Å². The summed E-state index contributed by atoms with van der Waals surface area (Å²) in [6, 6.07) is 4.11. The number of hydrogen-bond acceptors (Lipinski definition) is 5. The number of aryl methyl sites for hydroxylation is 1. The number of aromatic nitrogens is 2. The number of rotatable bonds is 6. The number of nitrogens with one attached hydrogen (secondary N) is 1. The van der Waals surface area contributed by atoms with Crippen molar-refractivity contribution >= 4 is 5.91 Å². The summed E-state index contributed by atoms with van der Waals surface area (Å²) in [5.41, 5.74) is 9.31. The van der Waals surface area contributed by atoms with E-state index in [4.69, 9.17) is 15.2 Å². The van der Waals surface area contributed by atoms with Gasteiger partial charge in [0.05, 0.1) is 24.6 Å². The van der Waals surface area contributed by atoms with Crippen molar-refractivity contribution in [2.24, 2.45) is 11.7 Å². The molecule has 1 aromatic heterocycles. The van der Waals surface area contributed by atoms with Crippen molar-refractivity contribution in [1.29, 1.82) is 0 Å². The lowest BCUT2D eigenvalue weighted by Gasteiger charge is -2.24. The van der Waals surface area contributed by atoms with Gasteiger partial charge in [0.1, 0.15) is 17.6 Å². The number of primary amides is 1. The van der Waals surface area contributed by atoms with Gasteiger partial charge in [-0.3, -0.25) is 9.48 Å². The maximum atomic E-state index is 11.6. The van der Waals surface area contributed by atoms with Crippen molar-refractivity contribution in [3.8, 4) is 11.5 Å². The van der Waals surface area contributed by atoms with Gasteiger partial charge in [-0.05, 0) is 44.4 Å². The highest BCUT2D eigenvalue weighted by atomic mass is 16.5. The summed E-state index contributed by atoms with van der Waals surface area (Å²) in [4.78, 5) is 11.6. The first-order valence-corrected chi connectivity index (χ1v) is 9.46. The number of nitrogens with two attached hydrogens (primary N) is 1. The summed E-state index contributed by atoms with van der Waals surface area (Å²) in [6.07, 6.45) is 4.56.